The Balaban J connectivity index is 2.27. The summed E-state index contributed by atoms with van der Waals surface area (Å²) in [5.74, 6) is 0.244. The molecule has 1 aromatic rings. The highest BCUT2D eigenvalue weighted by molar-refractivity contribution is 5.80. The SMILES string of the molecule is Cc1cc(N2C=NC=C(C#N)N2)ccc1O. The lowest BCUT2D eigenvalue weighted by molar-refractivity contribution is 0.471. The van der Waals surface area contributed by atoms with Gasteiger partial charge in [0, 0.05) is 0 Å². The fraction of sp³-hybridized carbons (Fsp3) is 0.0909. The molecule has 5 heteroatoms. The highest BCUT2D eigenvalue weighted by Gasteiger charge is 2.09. The van der Waals surface area contributed by atoms with Crippen LogP contribution in [0.15, 0.2) is 35.1 Å². The summed E-state index contributed by atoms with van der Waals surface area (Å²) in [7, 11) is 0. The fourth-order valence-corrected chi connectivity index (χ4v) is 1.34. The van der Waals surface area contributed by atoms with Crippen molar-refractivity contribution in [2.24, 2.45) is 4.99 Å². The Kier molecular flexibility index (Phi) is 2.48. The van der Waals surface area contributed by atoms with Crippen LogP contribution < -0.4 is 10.4 Å². The van der Waals surface area contributed by atoms with E-state index >= 15 is 0 Å². The van der Waals surface area contributed by atoms with E-state index in [9.17, 15) is 5.11 Å². The van der Waals surface area contributed by atoms with E-state index in [1.165, 1.54) is 6.20 Å². The third-order valence-corrected chi connectivity index (χ3v) is 2.21. The van der Waals surface area contributed by atoms with Gasteiger partial charge in [-0.3, -0.25) is 5.43 Å². The maximum Gasteiger partial charge on any atom is 0.151 e. The van der Waals surface area contributed by atoms with Crippen molar-refractivity contribution in [1.29, 1.82) is 5.26 Å². The Hall–Kier alpha value is -2.48. The standard InChI is InChI=1S/C11H10N4O/c1-8-4-10(2-3-11(8)16)15-7-13-6-9(5-12)14-15/h2-4,6-7,14,16H,1H3. The van der Waals surface area contributed by atoms with Crippen LogP contribution >= 0.6 is 0 Å². The molecule has 0 amide bonds. The van der Waals surface area contributed by atoms with Crippen LogP contribution in [0, 0.1) is 18.3 Å². The number of aliphatic imine (C=N–C) groups is 1. The lowest BCUT2D eigenvalue weighted by Gasteiger charge is -2.23. The van der Waals surface area contributed by atoms with Crippen molar-refractivity contribution >= 4 is 12.0 Å². The molecule has 0 radical (unpaired) electrons. The van der Waals surface area contributed by atoms with Crippen LogP contribution in [-0.4, -0.2) is 11.4 Å². The maximum absolute atomic E-state index is 9.40. The summed E-state index contributed by atoms with van der Waals surface area (Å²) in [6, 6.07) is 7.11. The second-order valence-corrected chi connectivity index (χ2v) is 3.37. The molecule has 16 heavy (non-hydrogen) atoms. The van der Waals surface area contributed by atoms with Crippen molar-refractivity contribution in [3.05, 3.63) is 35.7 Å². The Morgan fingerprint density at radius 2 is 2.31 bits per heavy atom. The van der Waals surface area contributed by atoms with Crippen LogP contribution in [0.3, 0.4) is 0 Å². The zero-order chi connectivity index (χ0) is 11.5. The van der Waals surface area contributed by atoms with Gasteiger partial charge in [0.2, 0.25) is 0 Å². The van der Waals surface area contributed by atoms with Crippen LogP contribution in [0.2, 0.25) is 0 Å². The normalized spacial score (nSPS) is 14.0. The van der Waals surface area contributed by atoms with Crippen LogP contribution in [0.4, 0.5) is 5.69 Å². The van der Waals surface area contributed by atoms with Gasteiger partial charge < -0.3 is 5.11 Å². The second-order valence-electron chi connectivity index (χ2n) is 3.37. The highest BCUT2D eigenvalue weighted by Crippen LogP contribution is 2.22. The summed E-state index contributed by atoms with van der Waals surface area (Å²) in [5.41, 5.74) is 4.81. The number of rotatable bonds is 1. The minimum Gasteiger partial charge on any atom is -0.508 e. The smallest absolute Gasteiger partial charge is 0.151 e. The quantitative estimate of drug-likeness (QED) is 0.741. The largest absolute Gasteiger partial charge is 0.508 e. The van der Waals surface area contributed by atoms with Crippen LogP contribution in [0.25, 0.3) is 0 Å². The summed E-state index contributed by atoms with van der Waals surface area (Å²) < 4.78 is 0. The molecule has 0 aliphatic carbocycles. The molecule has 0 bridgehead atoms. The van der Waals surface area contributed by atoms with Gasteiger partial charge >= 0.3 is 0 Å². The predicted molar refractivity (Wildman–Crippen MR) is 60.6 cm³/mol. The molecule has 0 spiro atoms. The van der Waals surface area contributed by atoms with Gasteiger partial charge in [-0.2, -0.15) is 5.26 Å². The summed E-state index contributed by atoms with van der Waals surface area (Å²) in [4.78, 5) is 3.93. The number of aryl methyl sites for hydroxylation is 1. The number of hydrogen-bond donors (Lipinski definition) is 2. The molecule has 0 saturated heterocycles. The molecule has 0 fully saturated rings. The number of nitriles is 1. The van der Waals surface area contributed by atoms with E-state index in [2.05, 4.69) is 10.4 Å². The summed E-state index contributed by atoms with van der Waals surface area (Å²) in [5, 5.41) is 19.8. The molecule has 5 nitrogen and oxygen atoms in total. The Morgan fingerprint density at radius 1 is 1.50 bits per heavy atom. The Morgan fingerprint density at radius 3 is 3.00 bits per heavy atom. The molecular formula is C11H10N4O. The molecule has 1 aliphatic rings. The lowest BCUT2D eigenvalue weighted by atomic mass is 10.2. The van der Waals surface area contributed by atoms with Gasteiger partial charge in [-0.1, -0.05) is 0 Å². The number of phenols is 1. The van der Waals surface area contributed by atoms with E-state index in [1.54, 1.807) is 36.5 Å². The fourth-order valence-electron chi connectivity index (χ4n) is 1.34. The topological polar surface area (TPSA) is 71.7 Å². The first kappa shape index (κ1) is 10.1. The van der Waals surface area contributed by atoms with Crippen molar-refractivity contribution in [3.63, 3.8) is 0 Å². The third-order valence-electron chi connectivity index (χ3n) is 2.21. The summed E-state index contributed by atoms with van der Waals surface area (Å²) >= 11 is 0. The molecule has 2 rings (SSSR count). The van der Waals surface area contributed by atoms with Crippen LogP contribution in [-0.2, 0) is 0 Å². The van der Waals surface area contributed by atoms with E-state index in [1.807, 2.05) is 6.07 Å². The summed E-state index contributed by atoms with van der Waals surface area (Å²) in [6.45, 7) is 1.81. The molecule has 2 N–H and O–H groups in total. The van der Waals surface area contributed by atoms with Gasteiger partial charge in [-0.25, -0.2) is 10.0 Å². The number of aromatic hydroxyl groups is 1. The molecule has 0 aromatic heterocycles. The zero-order valence-electron chi connectivity index (χ0n) is 8.68. The van der Waals surface area contributed by atoms with Gasteiger partial charge in [0.05, 0.1) is 11.9 Å². The molecular weight excluding hydrogens is 204 g/mol. The molecule has 0 saturated carbocycles. The summed E-state index contributed by atoms with van der Waals surface area (Å²) in [6.07, 6.45) is 3.01. The monoisotopic (exact) mass is 214 g/mol. The van der Waals surface area contributed by atoms with Crippen molar-refractivity contribution in [3.8, 4) is 11.8 Å². The van der Waals surface area contributed by atoms with E-state index in [4.69, 9.17) is 5.26 Å². The van der Waals surface area contributed by atoms with Crippen LogP contribution in [0.5, 0.6) is 5.75 Å². The first-order valence-electron chi connectivity index (χ1n) is 4.70. The zero-order valence-corrected chi connectivity index (χ0v) is 8.68. The molecule has 1 aromatic carbocycles. The number of allylic oxidation sites excluding steroid dienone is 1. The van der Waals surface area contributed by atoms with Gasteiger partial charge in [0.25, 0.3) is 0 Å². The number of phenolic OH excluding ortho intramolecular Hbond substituents is 1. The van der Waals surface area contributed by atoms with E-state index in [0.29, 0.717) is 5.70 Å². The first-order valence-corrected chi connectivity index (χ1v) is 4.70. The number of benzene rings is 1. The van der Waals surface area contributed by atoms with Crippen LogP contribution in [0.1, 0.15) is 5.56 Å². The van der Waals surface area contributed by atoms with Gasteiger partial charge in [0.1, 0.15) is 18.2 Å². The van der Waals surface area contributed by atoms with Crippen molar-refractivity contribution in [1.82, 2.24) is 5.43 Å². The van der Waals surface area contributed by atoms with Gasteiger partial charge in [-0.15, -0.1) is 0 Å². The second kappa shape index (κ2) is 3.95. The third kappa shape index (κ3) is 1.81. The van der Waals surface area contributed by atoms with Gasteiger partial charge in [0.15, 0.2) is 5.70 Å². The Labute approximate surface area is 92.9 Å². The van der Waals surface area contributed by atoms with Gasteiger partial charge in [-0.05, 0) is 30.7 Å². The lowest BCUT2D eigenvalue weighted by Crippen LogP contribution is -2.37. The van der Waals surface area contributed by atoms with E-state index in [-0.39, 0.29) is 5.75 Å². The number of hydrogen-bond acceptors (Lipinski definition) is 5. The molecule has 0 atom stereocenters. The number of nitrogens with zero attached hydrogens (tertiary/aromatic N) is 3. The molecule has 1 heterocycles. The minimum absolute atomic E-state index is 0.244. The molecule has 80 valence electrons. The number of nitrogens with one attached hydrogen (secondary N) is 1. The molecule has 1 aliphatic heterocycles. The Bertz CT molecular complexity index is 513. The molecule has 0 unspecified atom stereocenters. The van der Waals surface area contributed by atoms with Crippen molar-refractivity contribution in [2.75, 3.05) is 5.01 Å². The van der Waals surface area contributed by atoms with Crippen molar-refractivity contribution in [2.45, 2.75) is 6.92 Å². The number of hydrazine groups is 1. The average Bonchev–Trinajstić information content (AvgIpc) is 2.33. The average molecular weight is 214 g/mol. The highest BCUT2D eigenvalue weighted by atomic mass is 16.3. The van der Waals surface area contributed by atoms with E-state index < -0.39 is 0 Å². The number of anilines is 1. The maximum atomic E-state index is 9.40. The minimum atomic E-state index is 0.244. The van der Waals surface area contributed by atoms with E-state index in [0.717, 1.165) is 11.3 Å². The first-order chi connectivity index (χ1) is 7.70. The predicted octanol–water partition coefficient (Wildman–Crippen LogP) is 1.42. The van der Waals surface area contributed by atoms with Crippen molar-refractivity contribution < 1.29 is 5.11 Å².